The highest BCUT2D eigenvalue weighted by Crippen LogP contribution is 2.24. The molecule has 2 N–H and O–H groups in total. The molecule has 0 fully saturated rings. The van der Waals surface area contributed by atoms with Crippen LogP contribution in [0.15, 0.2) is 24.3 Å². The Hall–Kier alpha value is -1.27. The Kier molecular flexibility index (Phi) is 6.11. The Morgan fingerprint density at radius 1 is 1.21 bits per heavy atom. The van der Waals surface area contributed by atoms with Gasteiger partial charge in [0.05, 0.1) is 17.1 Å². The monoisotopic (exact) mass is 285 g/mol. The van der Waals surface area contributed by atoms with Crippen LogP contribution >= 0.6 is 0 Å². The van der Waals surface area contributed by atoms with Gasteiger partial charge in [-0.25, -0.2) is 8.42 Å². The van der Waals surface area contributed by atoms with Crippen LogP contribution in [-0.4, -0.2) is 41.4 Å². The predicted octanol–water partition coefficient (Wildman–Crippen LogP) is 1.49. The van der Waals surface area contributed by atoms with Gasteiger partial charge in [0.2, 0.25) is 10.0 Å². The molecule has 5 nitrogen and oxygen atoms in total. The van der Waals surface area contributed by atoms with Gasteiger partial charge in [-0.05, 0) is 31.6 Å². The summed E-state index contributed by atoms with van der Waals surface area (Å²) in [4.78, 5) is 1.89. The SMILES string of the molecule is CCNCCCS(=O)(=O)Nc1ccccc1N(C)C. The van der Waals surface area contributed by atoms with E-state index in [4.69, 9.17) is 0 Å². The molecule has 0 bridgehead atoms. The van der Waals surface area contributed by atoms with Gasteiger partial charge in [0.25, 0.3) is 0 Å². The predicted molar refractivity (Wildman–Crippen MR) is 81.3 cm³/mol. The molecule has 0 heterocycles. The van der Waals surface area contributed by atoms with Crippen LogP contribution in [0.5, 0.6) is 0 Å². The van der Waals surface area contributed by atoms with Gasteiger partial charge in [0.15, 0.2) is 0 Å². The largest absolute Gasteiger partial charge is 0.376 e. The average molecular weight is 285 g/mol. The van der Waals surface area contributed by atoms with Crippen molar-refractivity contribution in [2.24, 2.45) is 0 Å². The van der Waals surface area contributed by atoms with Gasteiger partial charge in [-0.15, -0.1) is 0 Å². The van der Waals surface area contributed by atoms with Crippen LogP contribution in [0.25, 0.3) is 0 Å². The number of hydrogen-bond acceptors (Lipinski definition) is 4. The summed E-state index contributed by atoms with van der Waals surface area (Å²) in [5, 5.41) is 3.11. The van der Waals surface area contributed by atoms with E-state index in [1.807, 2.05) is 44.1 Å². The van der Waals surface area contributed by atoms with Gasteiger partial charge in [-0.3, -0.25) is 4.72 Å². The fraction of sp³-hybridized carbons (Fsp3) is 0.538. The standard InChI is InChI=1S/C13H23N3O2S/c1-4-14-10-7-11-19(17,18)15-12-8-5-6-9-13(12)16(2)3/h5-6,8-9,14-15H,4,7,10-11H2,1-3H3. The molecule has 0 aliphatic heterocycles. The van der Waals surface area contributed by atoms with Crippen molar-refractivity contribution < 1.29 is 8.42 Å². The van der Waals surface area contributed by atoms with Crippen molar-refractivity contribution >= 4 is 21.4 Å². The van der Waals surface area contributed by atoms with Gasteiger partial charge in [-0.2, -0.15) is 0 Å². The van der Waals surface area contributed by atoms with Crippen LogP contribution in [0.3, 0.4) is 0 Å². The quantitative estimate of drug-likeness (QED) is 0.711. The summed E-state index contributed by atoms with van der Waals surface area (Å²) >= 11 is 0. The molecule has 0 aromatic heterocycles. The summed E-state index contributed by atoms with van der Waals surface area (Å²) in [6, 6.07) is 7.37. The van der Waals surface area contributed by atoms with Crippen molar-refractivity contribution in [3.63, 3.8) is 0 Å². The number of benzene rings is 1. The Bertz CT molecular complexity index is 486. The van der Waals surface area contributed by atoms with Crippen molar-refractivity contribution in [3.05, 3.63) is 24.3 Å². The second-order valence-electron chi connectivity index (χ2n) is 4.54. The minimum Gasteiger partial charge on any atom is -0.376 e. The van der Waals surface area contributed by atoms with Crippen molar-refractivity contribution in [1.82, 2.24) is 5.32 Å². The van der Waals surface area contributed by atoms with Crippen LogP contribution in [0.4, 0.5) is 11.4 Å². The summed E-state index contributed by atoms with van der Waals surface area (Å²) < 4.78 is 26.6. The molecule has 108 valence electrons. The molecule has 6 heteroatoms. The minimum atomic E-state index is -3.29. The van der Waals surface area contributed by atoms with Crippen LogP contribution in [-0.2, 0) is 10.0 Å². The van der Waals surface area contributed by atoms with E-state index in [1.165, 1.54) is 0 Å². The Balaban J connectivity index is 2.68. The molecule has 0 unspecified atom stereocenters. The molecular formula is C13H23N3O2S. The minimum absolute atomic E-state index is 0.127. The zero-order valence-electron chi connectivity index (χ0n) is 11.8. The second-order valence-corrected chi connectivity index (χ2v) is 6.38. The Morgan fingerprint density at radius 2 is 1.89 bits per heavy atom. The Morgan fingerprint density at radius 3 is 2.53 bits per heavy atom. The van der Waals surface area contributed by atoms with Crippen LogP contribution in [0.2, 0.25) is 0 Å². The van der Waals surface area contributed by atoms with E-state index in [0.29, 0.717) is 18.7 Å². The molecular weight excluding hydrogens is 262 g/mol. The summed E-state index contributed by atoms with van der Waals surface area (Å²) in [6.45, 7) is 3.57. The van der Waals surface area contributed by atoms with E-state index < -0.39 is 10.0 Å². The first-order chi connectivity index (χ1) is 8.96. The van der Waals surface area contributed by atoms with Crippen LogP contribution in [0, 0.1) is 0 Å². The van der Waals surface area contributed by atoms with Crippen molar-refractivity contribution in [2.45, 2.75) is 13.3 Å². The first kappa shape index (κ1) is 15.8. The van der Waals surface area contributed by atoms with Crippen LogP contribution < -0.4 is 14.9 Å². The van der Waals surface area contributed by atoms with Crippen molar-refractivity contribution in [2.75, 3.05) is 42.6 Å². The fourth-order valence-electron chi connectivity index (χ4n) is 1.73. The van der Waals surface area contributed by atoms with Gasteiger partial charge in [0, 0.05) is 14.1 Å². The van der Waals surface area contributed by atoms with E-state index in [-0.39, 0.29) is 5.75 Å². The third kappa shape index (κ3) is 5.48. The molecule has 1 aromatic carbocycles. The van der Waals surface area contributed by atoms with Gasteiger partial charge >= 0.3 is 0 Å². The fourth-order valence-corrected chi connectivity index (χ4v) is 2.87. The van der Waals surface area contributed by atoms with Crippen molar-refractivity contribution in [3.8, 4) is 0 Å². The van der Waals surface area contributed by atoms with E-state index in [0.717, 1.165) is 12.2 Å². The number of rotatable bonds is 8. The van der Waals surface area contributed by atoms with E-state index in [1.54, 1.807) is 6.07 Å². The smallest absolute Gasteiger partial charge is 0.232 e. The van der Waals surface area contributed by atoms with Crippen molar-refractivity contribution in [1.29, 1.82) is 0 Å². The zero-order chi connectivity index (χ0) is 14.3. The molecule has 0 aliphatic rings. The average Bonchev–Trinajstić information content (AvgIpc) is 2.34. The molecule has 0 saturated carbocycles. The summed E-state index contributed by atoms with van der Waals surface area (Å²) in [7, 11) is 0.487. The summed E-state index contributed by atoms with van der Waals surface area (Å²) in [5.74, 6) is 0.127. The molecule has 0 spiro atoms. The third-order valence-electron chi connectivity index (χ3n) is 2.67. The maximum absolute atomic E-state index is 12.0. The molecule has 0 amide bonds. The van der Waals surface area contributed by atoms with Gasteiger partial charge in [0.1, 0.15) is 0 Å². The first-order valence-corrected chi connectivity index (χ1v) is 8.09. The lowest BCUT2D eigenvalue weighted by atomic mass is 10.2. The highest BCUT2D eigenvalue weighted by atomic mass is 32.2. The van der Waals surface area contributed by atoms with Crippen LogP contribution in [0.1, 0.15) is 13.3 Å². The second kappa shape index (κ2) is 7.35. The lowest BCUT2D eigenvalue weighted by Crippen LogP contribution is -2.23. The third-order valence-corrected chi connectivity index (χ3v) is 4.02. The molecule has 0 atom stereocenters. The molecule has 0 saturated heterocycles. The van der Waals surface area contributed by atoms with E-state index in [2.05, 4.69) is 10.0 Å². The number of anilines is 2. The number of sulfonamides is 1. The topological polar surface area (TPSA) is 61.4 Å². The van der Waals surface area contributed by atoms with E-state index >= 15 is 0 Å². The molecule has 19 heavy (non-hydrogen) atoms. The maximum atomic E-state index is 12.0. The summed E-state index contributed by atoms with van der Waals surface area (Å²) in [6.07, 6.45) is 0.604. The summed E-state index contributed by atoms with van der Waals surface area (Å²) in [5.41, 5.74) is 1.48. The molecule has 0 radical (unpaired) electrons. The number of nitrogens with one attached hydrogen (secondary N) is 2. The normalized spacial score (nSPS) is 11.3. The number of nitrogens with zero attached hydrogens (tertiary/aromatic N) is 1. The number of hydrogen-bond donors (Lipinski definition) is 2. The van der Waals surface area contributed by atoms with Gasteiger partial charge < -0.3 is 10.2 Å². The van der Waals surface area contributed by atoms with Gasteiger partial charge in [-0.1, -0.05) is 19.1 Å². The molecule has 0 aliphatic carbocycles. The lowest BCUT2D eigenvalue weighted by Gasteiger charge is -2.18. The Labute approximate surface area is 116 Å². The highest BCUT2D eigenvalue weighted by Gasteiger charge is 2.13. The maximum Gasteiger partial charge on any atom is 0.232 e. The highest BCUT2D eigenvalue weighted by molar-refractivity contribution is 7.92. The molecule has 1 rings (SSSR count). The molecule has 1 aromatic rings. The first-order valence-electron chi connectivity index (χ1n) is 6.44. The zero-order valence-corrected chi connectivity index (χ0v) is 12.6. The lowest BCUT2D eigenvalue weighted by molar-refractivity contribution is 0.595. The number of para-hydroxylation sites is 2. The van der Waals surface area contributed by atoms with E-state index in [9.17, 15) is 8.42 Å².